The van der Waals surface area contributed by atoms with Gasteiger partial charge in [-0.1, -0.05) is 23.7 Å². The van der Waals surface area contributed by atoms with E-state index in [-0.39, 0.29) is 12.4 Å². The number of nitrogen functional groups attached to an aromatic ring is 2. The first-order valence-electron chi connectivity index (χ1n) is 10.8. The number of fused-ring (bicyclic) bond motifs is 2. The number of methoxy groups -OCH3 is 1. The Morgan fingerprint density at radius 2 is 1.76 bits per heavy atom. The van der Waals surface area contributed by atoms with E-state index >= 15 is 0 Å². The maximum absolute atomic E-state index is 12.1. The molecule has 2 aromatic heterocycles. The largest absolute Gasteiger partial charge is 0.469 e. The normalized spacial score (nSPS) is 11.4. The highest BCUT2D eigenvalue weighted by Crippen LogP contribution is 2.35. The fraction of sp³-hybridized carbons (Fsp3) is 0.148. The maximum atomic E-state index is 12.1. The predicted octanol–water partition coefficient (Wildman–Crippen LogP) is 6.41. The molecule has 0 aliphatic rings. The van der Waals surface area contributed by atoms with Gasteiger partial charge in [-0.2, -0.15) is 0 Å². The minimum atomic E-state index is -0.268. The molecule has 34 heavy (non-hydrogen) atoms. The van der Waals surface area contributed by atoms with Crippen LogP contribution in [0.2, 0.25) is 5.02 Å². The number of aryl methyl sites for hydroxylation is 1. The quantitative estimate of drug-likeness (QED) is 0.220. The van der Waals surface area contributed by atoms with Crippen LogP contribution in [0.25, 0.3) is 32.1 Å². The molecule has 0 atom stereocenters. The Balaban J connectivity index is 1.67. The van der Waals surface area contributed by atoms with Gasteiger partial charge in [-0.3, -0.25) is 4.79 Å². The van der Waals surface area contributed by atoms with E-state index in [2.05, 4.69) is 23.6 Å². The Morgan fingerprint density at radius 3 is 2.50 bits per heavy atom. The van der Waals surface area contributed by atoms with Gasteiger partial charge in [0.25, 0.3) is 0 Å². The van der Waals surface area contributed by atoms with Crippen molar-refractivity contribution < 1.29 is 9.53 Å². The number of thiophene rings is 1. The average molecular weight is 490 g/mol. The van der Waals surface area contributed by atoms with Gasteiger partial charge in [-0.25, -0.2) is 0 Å². The smallest absolute Gasteiger partial charge is 0.310 e. The zero-order valence-corrected chi connectivity index (χ0v) is 20.5. The molecule has 3 aromatic carbocycles. The summed E-state index contributed by atoms with van der Waals surface area (Å²) in [6.07, 6.45) is 2.26. The molecule has 0 amide bonds. The minimum Gasteiger partial charge on any atom is -0.469 e. The Kier molecular flexibility index (Phi) is 5.71. The van der Waals surface area contributed by atoms with Crippen molar-refractivity contribution >= 4 is 61.3 Å². The average Bonchev–Trinajstić information content (AvgIpc) is 3.29. The summed E-state index contributed by atoms with van der Waals surface area (Å²) in [5, 5.41) is 2.89. The second kappa shape index (κ2) is 8.70. The fourth-order valence-corrected chi connectivity index (χ4v) is 5.73. The number of nitrogens with zero attached hydrogens (tertiary/aromatic N) is 1. The van der Waals surface area contributed by atoms with Gasteiger partial charge in [0.15, 0.2) is 0 Å². The number of benzene rings is 3. The summed E-state index contributed by atoms with van der Waals surface area (Å²) in [5.41, 5.74) is 18.4. The number of aromatic nitrogens is 1. The first kappa shape index (κ1) is 22.3. The third kappa shape index (κ3) is 4.11. The van der Waals surface area contributed by atoms with E-state index < -0.39 is 0 Å². The Bertz CT molecular complexity index is 1550. The van der Waals surface area contributed by atoms with Crippen molar-refractivity contribution in [3.05, 3.63) is 81.8 Å². The van der Waals surface area contributed by atoms with E-state index in [0.717, 1.165) is 38.0 Å². The number of nitrogens with two attached hydrogens (primary N) is 2. The van der Waals surface area contributed by atoms with Crippen LogP contribution in [0.4, 0.5) is 11.4 Å². The van der Waals surface area contributed by atoms with Gasteiger partial charge in [0.1, 0.15) is 0 Å². The van der Waals surface area contributed by atoms with Gasteiger partial charge in [0.05, 0.1) is 13.5 Å². The van der Waals surface area contributed by atoms with E-state index in [1.165, 1.54) is 22.3 Å². The molecule has 0 aliphatic carbocycles. The number of halogens is 1. The van der Waals surface area contributed by atoms with Crippen molar-refractivity contribution in [1.82, 2.24) is 4.57 Å². The minimum absolute atomic E-state index is 0.208. The molecule has 7 heteroatoms. The van der Waals surface area contributed by atoms with E-state index in [9.17, 15) is 4.79 Å². The van der Waals surface area contributed by atoms with Gasteiger partial charge in [0, 0.05) is 49.6 Å². The van der Waals surface area contributed by atoms with Crippen LogP contribution in [0.15, 0.2) is 60.8 Å². The fourth-order valence-electron chi connectivity index (χ4n) is 4.50. The monoisotopic (exact) mass is 489 g/mol. The van der Waals surface area contributed by atoms with Gasteiger partial charge >= 0.3 is 5.97 Å². The molecular weight excluding hydrogens is 466 g/mol. The van der Waals surface area contributed by atoms with Crippen molar-refractivity contribution in [2.24, 2.45) is 0 Å². The number of anilines is 2. The number of hydrogen-bond acceptors (Lipinski definition) is 5. The lowest BCUT2D eigenvalue weighted by atomic mass is 10.0. The van der Waals surface area contributed by atoms with Crippen LogP contribution in [0, 0.1) is 6.92 Å². The molecule has 0 radical (unpaired) electrons. The summed E-state index contributed by atoms with van der Waals surface area (Å²) in [6.45, 7) is 2.79. The summed E-state index contributed by atoms with van der Waals surface area (Å²) in [7, 11) is 1.41. The van der Waals surface area contributed by atoms with Crippen LogP contribution in [-0.4, -0.2) is 17.6 Å². The van der Waals surface area contributed by atoms with Crippen molar-refractivity contribution in [1.29, 1.82) is 0 Å². The SMILES string of the molecule is COC(=O)Cc1cn(Cc2c(C)sc3ccc(Cl)cc23)c2cc(-c3cc(N)cc(N)c3)ccc12. The topological polar surface area (TPSA) is 83.3 Å². The summed E-state index contributed by atoms with van der Waals surface area (Å²) in [4.78, 5) is 13.4. The van der Waals surface area contributed by atoms with Crippen molar-refractivity contribution in [3.63, 3.8) is 0 Å². The second-order valence-electron chi connectivity index (χ2n) is 8.43. The Morgan fingerprint density at radius 1 is 1.00 bits per heavy atom. The highest BCUT2D eigenvalue weighted by atomic mass is 35.5. The molecule has 4 N–H and O–H groups in total. The highest BCUT2D eigenvalue weighted by molar-refractivity contribution is 7.19. The van der Waals surface area contributed by atoms with E-state index in [1.54, 1.807) is 17.4 Å². The zero-order chi connectivity index (χ0) is 24.0. The van der Waals surface area contributed by atoms with Crippen LogP contribution in [0.3, 0.4) is 0 Å². The standard InChI is InChI=1S/C27H24ClN3O2S/c1-15-24(23-11-19(28)4-6-26(23)34-15)14-31-13-18(10-27(32)33-2)22-5-3-16(9-25(22)31)17-7-20(29)12-21(30)8-17/h3-9,11-13H,10,14,29-30H2,1-2H3. The van der Waals surface area contributed by atoms with Crippen molar-refractivity contribution in [2.45, 2.75) is 19.9 Å². The molecule has 5 rings (SSSR count). The molecule has 0 saturated carbocycles. The summed E-state index contributed by atoms with van der Waals surface area (Å²) in [6, 6.07) is 17.8. The zero-order valence-electron chi connectivity index (χ0n) is 18.9. The van der Waals surface area contributed by atoms with Gasteiger partial charge in [-0.15, -0.1) is 11.3 Å². The lowest BCUT2D eigenvalue weighted by Gasteiger charge is -2.09. The summed E-state index contributed by atoms with van der Waals surface area (Å²) < 4.78 is 8.34. The van der Waals surface area contributed by atoms with Crippen molar-refractivity contribution in [2.75, 3.05) is 18.6 Å². The number of carbonyl (C=O) groups excluding carboxylic acids is 1. The molecule has 0 bridgehead atoms. The summed E-state index contributed by atoms with van der Waals surface area (Å²) in [5.74, 6) is -0.268. The van der Waals surface area contributed by atoms with Crippen LogP contribution >= 0.6 is 22.9 Å². The molecule has 2 heterocycles. The van der Waals surface area contributed by atoms with Gasteiger partial charge in [0.2, 0.25) is 0 Å². The maximum Gasteiger partial charge on any atom is 0.310 e. The molecule has 0 spiro atoms. The second-order valence-corrected chi connectivity index (χ2v) is 10.1. The van der Waals surface area contributed by atoms with E-state index in [4.69, 9.17) is 27.8 Å². The number of esters is 1. The lowest BCUT2D eigenvalue weighted by molar-refractivity contribution is -0.139. The van der Waals surface area contributed by atoms with Crippen LogP contribution in [0.5, 0.6) is 0 Å². The lowest BCUT2D eigenvalue weighted by Crippen LogP contribution is -2.04. The van der Waals surface area contributed by atoms with E-state index in [1.807, 2.05) is 42.6 Å². The third-order valence-corrected chi connectivity index (χ3v) is 7.49. The Labute approximate surface area is 206 Å². The molecule has 0 unspecified atom stereocenters. The molecule has 172 valence electrons. The predicted molar refractivity (Wildman–Crippen MR) is 143 cm³/mol. The molecule has 0 saturated heterocycles. The first-order chi connectivity index (χ1) is 16.3. The number of carbonyl (C=O) groups is 1. The first-order valence-corrected chi connectivity index (χ1v) is 12.0. The number of rotatable bonds is 5. The molecule has 5 nitrogen and oxygen atoms in total. The van der Waals surface area contributed by atoms with Crippen LogP contribution in [0.1, 0.15) is 16.0 Å². The number of hydrogen-bond donors (Lipinski definition) is 2. The van der Waals surface area contributed by atoms with Crippen molar-refractivity contribution in [3.8, 4) is 11.1 Å². The van der Waals surface area contributed by atoms with Crippen LogP contribution < -0.4 is 11.5 Å². The third-order valence-electron chi connectivity index (χ3n) is 6.12. The number of ether oxygens (including phenoxy) is 1. The molecular formula is C27H24ClN3O2S. The Hall–Kier alpha value is -3.48. The van der Waals surface area contributed by atoms with Crippen LogP contribution in [-0.2, 0) is 22.5 Å². The molecule has 0 fully saturated rings. The molecule has 0 aliphatic heterocycles. The van der Waals surface area contributed by atoms with Gasteiger partial charge < -0.3 is 20.8 Å². The van der Waals surface area contributed by atoms with E-state index in [0.29, 0.717) is 17.9 Å². The highest BCUT2D eigenvalue weighted by Gasteiger charge is 2.17. The summed E-state index contributed by atoms with van der Waals surface area (Å²) >= 11 is 8.08. The van der Waals surface area contributed by atoms with Gasteiger partial charge in [-0.05, 0) is 77.0 Å². The molecule has 5 aromatic rings.